The Kier molecular flexibility index (Phi) is 3.37. The first-order valence-electron chi connectivity index (χ1n) is 4.68. The van der Waals surface area contributed by atoms with Crippen LogP contribution >= 0.6 is 43.2 Å². The fraction of sp³-hybridized carbons (Fsp3) is 0.182. The topological polar surface area (TPSA) is 38.9 Å². The Balaban J connectivity index is 2.64. The molecular weight excluding hydrogens is 352 g/mol. The van der Waals surface area contributed by atoms with E-state index in [-0.39, 0.29) is 0 Å². The molecule has 0 amide bonds. The predicted molar refractivity (Wildman–Crippen MR) is 76.8 cm³/mol. The van der Waals surface area contributed by atoms with Crippen molar-refractivity contribution in [1.29, 1.82) is 0 Å². The van der Waals surface area contributed by atoms with Crippen LogP contribution in [0, 0.1) is 13.8 Å². The van der Waals surface area contributed by atoms with E-state index in [1.54, 1.807) is 0 Å². The molecule has 2 rings (SSSR count). The van der Waals surface area contributed by atoms with Gasteiger partial charge in [0.25, 0.3) is 0 Å². The lowest BCUT2D eigenvalue weighted by atomic mass is 10.1. The molecule has 0 aliphatic heterocycles. The number of thiazole rings is 1. The highest BCUT2D eigenvalue weighted by Gasteiger charge is 2.12. The average Bonchev–Trinajstić information content (AvgIpc) is 2.51. The van der Waals surface area contributed by atoms with E-state index in [4.69, 9.17) is 5.73 Å². The number of rotatable bonds is 1. The van der Waals surface area contributed by atoms with Gasteiger partial charge < -0.3 is 5.73 Å². The molecule has 0 saturated carbocycles. The fourth-order valence-corrected chi connectivity index (χ4v) is 3.19. The van der Waals surface area contributed by atoms with Gasteiger partial charge in [0.1, 0.15) is 0 Å². The zero-order valence-corrected chi connectivity index (χ0v) is 12.8. The molecule has 0 atom stereocenters. The minimum absolute atomic E-state index is 0.607. The maximum atomic E-state index is 5.72. The summed E-state index contributed by atoms with van der Waals surface area (Å²) in [7, 11) is 0. The smallest absolute Gasteiger partial charge is 0.180 e. The van der Waals surface area contributed by atoms with Gasteiger partial charge in [0.2, 0.25) is 0 Å². The molecule has 0 aliphatic carbocycles. The molecule has 0 aliphatic rings. The SMILES string of the molecule is Cc1cc(Br)c(-c2nc(N)sc2C)cc1Br. The zero-order valence-electron chi connectivity index (χ0n) is 8.84. The summed E-state index contributed by atoms with van der Waals surface area (Å²) < 4.78 is 2.12. The first-order chi connectivity index (χ1) is 7.49. The molecule has 1 aromatic heterocycles. The van der Waals surface area contributed by atoms with Crippen molar-refractivity contribution < 1.29 is 0 Å². The van der Waals surface area contributed by atoms with E-state index in [1.165, 1.54) is 16.9 Å². The number of hydrogen-bond donors (Lipinski definition) is 1. The number of nitrogens with two attached hydrogens (primary N) is 1. The first-order valence-corrected chi connectivity index (χ1v) is 7.08. The van der Waals surface area contributed by atoms with Crippen LogP contribution in [0.15, 0.2) is 21.1 Å². The summed E-state index contributed by atoms with van der Waals surface area (Å²) in [6, 6.07) is 4.15. The summed E-state index contributed by atoms with van der Waals surface area (Å²) in [6.45, 7) is 4.09. The quantitative estimate of drug-likeness (QED) is 0.810. The Bertz CT molecular complexity index is 549. The minimum Gasteiger partial charge on any atom is -0.375 e. The summed E-state index contributed by atoms with van der Waals surface area (Å²) >= 11 is 8.61. The zero-order chi connectivity index (χ0) is 11.9. The lowest BCUT2D eigenvalue weighted by Crippen LogP contribution is -1.87. The minimum atomic E-state index is 0.607. The van der Waals surface area contributed by atoms with Gasteiger partial charge in [-0.05, 0) is 31.5 Å². The van der Waals surface area contributed by atoms with Crippen molar-refractivity contribution in [2.24, 2.45) is 0 Å². The lowest BCUT2D eigenvalue weighted by Gasteiger charge is -2.06. The second-order valence-electron chi connectivity index (χ2n) is 3.54. The molecule has 0 fully saturated rings. The molecule has 2 aromatic rings. The largest absolute Gasteiger partial charge is 0.375 e. The third kappa shape index (κ3) is 2.17. The maximum absolute atomic E-state index is 5.72. The van der Waals surface area contributed by atoms with Crippen molar-refractivity contribution in [2.75, 3.05) is 5.73 Å². The summed E-state index contributed by atoms with van der Waals surface area (Å²) in [5.74, 6) is 0. The number of nitrogens with zero attached hydrogens (tertiary/aromatic N) is 1. The molecule has 0 radical (unpaired) electrons. The molecular formula is C11H10Br2N2S. The molecule has 2 N–H and O–H groups in total. The Labute approximate surface area is 115 Å². The van der Waals surface area contributed by atoms with E-state index in [2.05, 4.69) is 55.9 Å². The van der Waals surface area contributed by atoms with Crippen molar-refractivity contribution >= 4 is 48.3 Å². The number of aryl methyl sites for hydroxylation is 2. The molecule has 0 spiro atoms. The van der Waals surface area contributed by atoms with Crippen molar-refractivity contribution in [3.63, 3.8) is 0 Å². The molecule has 0 unspecified atom stereocenters. The molecule has 0 saturated heterocycles. The van der Waals surface area contributed by atoms with Crippen LogP contribution in [0.1, 0.15) is 10.4 Å². The van der Waals surface area contributed by atoms with Gasteiger partial charge >= 0.3 is 0 Å². The van der Waals surface area contributed by atoms with E-state index < -0.39 is 0 Å². The highest BCUT2D eigenvalue weighted by molar-refractivity contribution is 9.11. The number of hydrogen-bond acceptors (Lipinski definition) is 3. The van der Waals surface area contributed by atoms with Crippen LogP contribution in [0.5, 0.6) is 0 Å². The molecule has 16 heavy (non-hydrogen) atoms. The van der Waals surface area contributed by atoms with E-state index in [0.717, 1.165) is 25.1 Å². The average molecular weight is 362 g/mol. The Hall–Kier alpha value is -0.390. The molecule has 84 valence electrons. The third-order valence-corrected chi connectivity index (χ3v) is 4.63. The summed E-state index contributed by atoms with van der Waals surface area (Å²) in [6.07, 6.45) is 0. The Morgan fingerprint density at radius 2 is 1.88 bits per heavy atom. The predicted octanol–water partition coefficient (Wildman–Crippen LogP) is 4.53. The third-order valence-electron chi connectivity index (χ3n) is 2.32. The van der Waals surface area contributed by atoms with Crippen LogP contribution in [0.2, 0.25) is 0 Å². The van der Waals surface area contributed by atoms with Gasteiger partial charge in [0.05, 0.1) is 5.69 Å². The van der Waals surface area contributed by atoms with Gasteiger partial charge in [-0.1, -0.05) is 31.9 Å². The molecule has 1 heterocycles. The van der Waals surface area contributed by atoms with Gasteiger partial charge in [0.15, 0.2) is 5.13 Å². The standard InChI is InChI=1S/C11H10Br2N2S/c1-5-3-9(13)7(4-8(5)12)10-6(2)16-11(14)15-10/h3-4H,1-2H3,(H2,14,15). The number of nitrogen functional groups attached to an aromatic ring is 1. The Morgan fingerprint density at radius 1 is 1.19 bits per heavy atom. The summed E-state index contributed by atoms with van der Waals surface area (Å²) in [5.41, 5.74) is 8.93. The van der Waals surface area contributed by atoms with Crippen LogP contribution in [-0.2, 0) is 0 Å². The van der Waals surface area contributed by atoms with Gasteiger partial charge in [-0.25, -0.2) is 4.98 Å². The van der Waals surface area contributed by atoms with E-state index >= 15 is 0 Å². The number of anilines is 1. The monoisotopic (exact) mass is 360 g/mol. The number of aromatic nitrogens is 1. The second-order valence-corrected chi connectivity index (χ2v) is 6.48. The summed E-state index contributed by atoms with van der Waals surface area (Å²) in [4.78, 5) is 5.49. The molecule has 0 bridgehead atoms. The molecule has 5 heteroatoms. The first kappa shape index (κ1) is 12.1. The summed E-state index contributed by atoms with van der Waals surface area (Å²) in [5, 5.41) is 0.607. The van der Waals surface area contributed by atoms with Crippen LogP contribution in [0.25, 0.3) is 11.3 Å². The van der Waals surface area contributed by atoms with Gasteiger partial charge in [-0.15, -0.1) is 11.3 Å². The van der Waals surface area contributed by atoms with Crippen LogP contribution in [-0.4, -0.2) is 4.98 Å². The van der Waals surface area contributed by atoms with E-state index in [9.17, 15) is 0 Å². The van der Waals surface area contributed by atoms with Crippen molar-refractivity contribution in [2.45, 2.75) is 13.8 Å². The molecule has 2 nitrogen and oxygen atoms in total. The second kappa shape index (κ2) is 4.47. The Morgan fingerprint density at radius 3 is 2.44 bits per heavy atom. The van der Waals surface area contributed by atoms with Gasteiger partial charge in [0, 0.05) is 19.4 Å². The van der Waals surface area contributed by atoms with Crippen LogP contribution < -0.4 is 5.73 Å². The van der Waals surface area contributed by atoms with E-state index in [1.807, 2.05) is 6.92 Å². The fourth-order valence-electron chi connectivity index (χ4n) is 1.49. The lowest BCUT2D eigenvalue weighted by molar-refractivity contribution is 1.34. The highest BCUT2D eigenvalue weighted by atomic mass is 79.9. The van der Waals surface area contributed by atoms with Crippen molar-refractivity contribution in [3.8, 4) is 11.3 Å². The van der Waals surface area contributed by atoms with Gasteiger partial charge in [-0.3, -0.25) is 0 Å². The van der Waals surface area contributed by atoms with Crippen molar-refractivity contribution in [3.05, 3.63) is 31.5 Å². The van der Waals surface area contributed by atoms with Crippen LogP contribution in [0.3, 0.4) is 0 Å². The van der Waals surface area contributed by atoms with E-state index in [0.29, 0.717) is 5.13 Å². The maximum Gasteiger partial charge on any atom is 0.180 e. The number of benzene rings is 1. The van der Waals surface area contributed by atoms with Gasteiger partial charge in [-0.2, -0.15) is 0 Å². The number of halogens is 2. The van der Waals surface area contributed by atoms with Crippen LogP contribution in [0.4, 0.5) is 5.13 Å². The molecule has 1 aromatic carbocycles. The normalized spacial score (nSPS) is 10.8. The highest BCUT2D eigenvalue weighted by Crippen LogP contribution is 2.36. The van der Waals surface area contributed by atoms with Crippen molar-refractivity contribution in [1.82, 2.24) is 4.98 Å².